The fourth-order valence-corrected chi connectivity index (χ4v) is 1.47. The van der Waals surface area contributed by atoms with Crippen molar-refractivity contribution >= 4 is 0 Å². The van der Waals surface area contributed by atoms with Crippen LogP contribution in [-0.4, -0.2) is 19.7 Å². The van der Waals surface area contributed by atoms with Crippen LogP contribution in [0.1, 0.15) is 30.9 Å². The number of rotatable bonds is 7. The summed E-state index contributed by atoms with van der Waals surface area (Å²) >= 11 is 0. The summed E-state index contributed by atoms with van der Waals surface area (Å²) in [5, 5.41) is 3.36. The lowest BCUT2D eigenvalue weighted by molar-refractivity contribution is 0.313. The first-order chi connectivity index (χ1) is 7.74. The molecule has 1 N–H and O–H groups in total. The van der Waals surface area contributed by atoms with Gasteiger partial charge in [0.25, 0.3) is 0 Å². The van der Waals surface area contributed by atoms with Crippen LogP contribution in [-0.2, 0) is 0 Å². The molecule has 0 unspecified atom stereocenters. The fourth-order valence-electron chi connectivity index (χ4n) is 1.47. The predicted molar refractivity (Wildman–Crippen MR) is 69.2 cm³/mol. The van der Waals surface area contributed by atoms with Crippen LogP contribution >= 0.6 is 0 Å². The molecule has 2 nitrogen and oxygen atoms in total. The van der Waals surface area contributed by atoms with Gasteiger partial charge in [0.1, 0.15) is 12.4 Å². The Morgan fingerprint density at radius 3 is 2.62 bits per heavy atom. The molecule has 1 aromatic carbocycles. The molecule has 0 heterocycles. The molecule has 90 valence electrons. The monoisotopic (exact) mass is 221 g/mol. The Labute approximate surface area is 99.0 Å². The van der Waals surface area contributed by atoms with Crippen molar-refractivity contribution in [3.05, 3.63) is 29.3 Å². The normalized spacial score (nSPS) is 10.4. The molecule has 2 heteroatoms. The van der Waals surface area contributed by atoms with E-state index in [0.717, 1.165) is 25.4 Å². The van der Waals surface area contributed by atoms with E-state index in [-0.39, 0.29) is 0 Å². The average Bonchev–Trinajstić information content (AvgIpc) is 2.28. The maximum Gasteiger partial charge on any atom is 0.119 e. The summed E-state index contributed by atoms with van der Waals surface area (Å²) in [5.41, 5.74) is 2.60. The molecule has 0 amide bonds. The van der Waals surface area contributed by atoms with Crippen LogP contribution in [0.5, 0.6) is 5.75 Å². The van der Waals surface area contributed by atoms with Crippen molar-refractivity contribution in [3.63, 3.8) is 0 Å². The second-order valence-electron chi connectivity index (χ2n) is 4.20. The first kappa shape index (κ1) is 13.0. The van der Waals surface area contributed by atoms with Gasteiger partial charge in [0.05, 0.1) is 0 Å². The van der Waals surface area contributed by atoms with E-state index in [9.17, 15) is 0 Å². The molecule has 0 aromatic heterocycles. The Hall–Kier alpha value is -1.02. The van der Waals surface area contributed by atoms with Gasteiger partial charge in [-0.15, -0.1) is 0 Å². The third-order valence-corrected chi connectivity index (χ3v) is 2.73. The fraction of sp³-hybridized carbons (Fsp3) is 0.571. The molecule has 0 fully saturated rings. The highest BCUT2D eigenvalue weighted by Gasteiger charge is 1.96. The van der Waals surface area contributed by atoms with Gasteiger partial charge in [0.2, 0.25) is 0 Å². The number of hydrogen-bond donors (Lipinski definition) is 1. The quantitative estimate of drug-likeness (QED) is 0.714. The van der Waals surface area contributed by atoms with Crippen LogP contribution in [0.2, 0.25) is 0 Å². The lowest BCUT2D eigenvalue weighted by atomic mass is 10.1. The van der Waals surface area contributed by atoms with Gasteiger partial charge in [-0.2, -0.15) is 0 Å². The van der Waals surface area contributed by atoms with E-state index in [1.807, 2.05) is 6.07 Å². The Morgan fingerprint density at radius 2 is 1.94 bits per heavy atom. The Bertz CT molecular complexity index is 310. The lowest BCUT2D eigenvalue weighted by Gasteiger charge is -2.08. The number of nitrogens with one attached hydrogen (secondary N) is 1. The maximum absolute atomic E-state index is 5.66. The second-order valence-corrected chi connectivity index (χ2v) is 4.20. The molecular formula is C14H23NO. The second kappa shape index (κ2) is 7.29. The third-order valence-electron chi connectivity index (χ3n) is 2.73. The summed E-state index contributed by atoms with van der Waals surface area (Å²) < 4.78 is 5.66. The summed E-state index contributed by atoms with van der Waals surface area (Å²) in [4.78, 5) is 0. The zero-order valence-corrected chi connectivity index (χ0v) is 10.7. The van der Waals surface area contributed by atoms with Crippen LogP contribution in [0.15, 0.2) is 18.2 Å². The van der Waals surface area contributed by atoms with Crippen molar-refractivity contribution in [2.45, 2.75) is 33.6 Å². The third kappa shape index (κ3) is 4.67. The van der Waals surface area contributed by atoms with E-state index >= 15 is 0 Å². The maximum atomic E-state index is 5.66. The molecule has 0 spiro atoms. The lowest BCUT2D eigenvalue weighted by Crippen LogP contribution is -2.21. The highest BCUT2D eigenvalue weighted by molar-refractivity contribution is 5.33. The largest absolute Gasteiger partial charge is 0.492 e. The summed E-state index contributed by atoms with van der Waals surface area (Å²) in [5.74, 6) is 0.973. The summed E-state index contributed by atoms with van der Waals surface area (Å²) in [6.07, 6.45) is 2.48. The molecule has 0 radical (unpaired) electrons. The van der Waals surface area contributed by atoms with Gasteiger partial charge in [-0.05, 0) is 50.1 Å². The molecule has 0 aliphatic rings. The van der Waals surface area contributed by atoms with E-state index in [1.54, 1.807) is 0 Å². The molecule has 16 heavy (non-hydrogen) atoms. The van der Waals surface area contributed by atoms with Crippen molar-refractivity contribution < 1.29 is 4.74 Å². The smallest absolute Gasteiger partial charge is 0.119 e. The van der Waals surface area contributed by atoms with Gasteiger partial charge in [-0.3, -0.25) is 0 Å². The van der Waals surface area contributed by atoms with Gasteiger partial charge < -0.3 is 10.1 Å². The molecule has 0 bridgehead atoms. The van der Waals surface area contributed by atoms with Crippen molar-refractivity contribution in [2.24, 2.45) is 0 Å². The van der Waals surface area contributed by atoms with E-state index in [1.165, 1.54) is 24.0 Å². The highest BCUT2D eigenvalue weighted by Crippen LogP contribution is 2.15. The molecule has 0 aliphatic heterocycles. The Morgan fingerprint density at radius 1 is 1.12 bits per heavy atom. The van der Waals surface area contributed by atoms with Crippen molar-refractivity contribution in [1.82, 2.24) is 5.32 Å². The zero-order valence-electron chi connectivity index (χ0n) is 10.7. The van der Waals surface area contributed by atoms with Gasteiger partial charge in [-0.25, -0.2) is 0 Å². The zero-order chi connectivity index (χ0) is 11.8. The molecule has 0 aliphatic carbocycles. The highest BCUT2D eigenvalue weighted by atomic mass is 16.5. The van der Waals surface area contributed by atoms with Crippen LogP contribution in [0.4, 0.5) is 0 Å². The van der Waals surface area contributed by atoms with E-state index in [2.05, 4.69) is 38.2 Å². The van der Waals surface area contributed by atoms with Crippen LogP contribution in [0, 0.1) is 13.8 Å². The van der Waals surface area contributed by atoms with Crippen LogP contribution in [0.3, 0.4) is 0 Å². The number of aryl methyl sites for hydroxylation is 2. The first-order valence-electron chi connectivity index (χ1n) is 6.15. The SMILES string of the molecule is CCCCNCCOc1ccc(C)c(C)c1. The minimum Gasteiger partial charge on any atom is -0.492 e. The molecule has 0 saturated heterocycles. The molecule has 0 saturated carbocycles. The number of hydrogen-bond acceptors (Lipinski definition) is 2. The minimum atomic E-state index is 0.742. The number of unbranched alkanes of at least 4 members (excludes halogenated alkanes) is 1. The van der Waals surface area contributed by atoms with E-state index < -0.39 is 0 Å². The predicted octanol–water partition coefficient (Wildman–Crippen LogP) is 3.07. The van der Waals surface area contributed by atoms with Gasteiger partial charge in [0, 0.05) is 6.54 Å². The van der Waals surface area contributed by atoms with Gasteiger partial charge in [-0.1, -0.05) is 19.4 Å². The number of benzene rings is 1. The summed E-state index contributed by atoms with van der Waals surface area (Å²) in [7, 11) is 0. The molecule has 0 atom stereocenters. The molecule has 1 aromatic rings. The Kier molecular flexibility index (Phi) is 5.94. The first-order valence-corrected chi connectivity index (χ1v) is 6.15. The Balaban J connectivity index is 2.19. The topological polar surface area (TPSA) is 21.3 Å². The molecule has 1 rings (SSSR count). The van der Waals surface area contributed by atoms with E-state index in [0.29, 0.717) is 0 Å². The van der Waals surface area contributed by atoms with E-state index in [4.69, 9.17) is 4.74 Å². The average molecular weight is 221 g/mol. The van der Waals surface area contributed by atoms with Crippen molar-refractivity contribution in [1.29, 1.82) is 0 Å². The minimum absolute atomic E-state index is 0.742. The number of ether oxygens (including phenoxy) is 1. The standard InChI is InChI=1S/C14H23NO/c1-4-5-8-15-9-10-16-14-7-6-12(2)13(3)11-14/h6-7,11,15H,4-5,8-10H2,1-3H3. The van der Waals surface area contributed by atoms with Crippen molar-refractivity contribution in [3.8, 4) is 5.75 Å². The summed E-state index contributed by atoms with van der Waals surface area (Å²) in [6, 6.07) is 6.24. The van der Waals surface area contributed by atoms with Crippen molar-refractivity contribution in [2.75, 3.05) is 19.7 Å². The van der Waals surface area contributed by atoms with Gasteiger partial charge in [0.15, 0.2) is 0 Å². The summed E-state index contributed by atoms with van der Waals surface area (Å²) in [6.45, 7) is 9.19. The van der Waals surface area contributed by atoms with Crippen LogP contribution in [0.25, 0.3) is 0 Å². The molecular weight excluding hydrogens is 198 g/mol. The van der Waals surface area contributed by atoms with Gasteiger partial charge >= 0.3 is 0 Å². The van der Waals surface area contributed by atoms with Crippen LogP contribution < -0.4 is 10.1 Å².